The standard InChI is InChI=1S/C32H44O10/c1-20-26(41-30-25(33)29(34-4)28-24(39-30)19-38-32(2,3)42-28)23(18-36-16-21-12-8-6-9-13-21)40-31(35-5)27(20)37-17-22-14-10-7-11-15-22/h6-15,20,23-31,33H,16-19H2,1-5H3/t20?,23-,24?,25?,26-,27?,28+,29-,30-,31-/m0/s1. The molecule has 0 spiro atoms. The molecule has 3 heterocycles. The fraction of sp³-hybridized carbons (Fsp3) is 0.625. The minimum atomic E-state index is -1.12. The number of aliphatic hydroxyl groups excluding tert-OH is 1. The zero-order valence-electron chi connectivity index (χ0n) is 25.0. The number of rotatable bonds is 11. The molecule has 3 fully saturated rings. The van der Waals surface area contributed by atoms with Gasteiger partial charge in [-0.25, -0.2) is 0 Å². The van der Waals surface area contributed by atoms with Crippen LogP contribution in [0.2, 0.25) is 0 Å². The first-order chi connectivity index (χ1) is 20.3. The van der Waals surface area contributed by atoms with E-state index in [4.69, 9.17) is 42.6 Å². The second-order valence-electron chi connectivity index (χ2n) is 11.5. The molecule has 10 heteroatoms. The van der Waals surface area contributed by atoms with Crippen molar-refractivity contribution < 1.29 is 47.7 Å². The molecule has 5 rings (SSSR count). The van der Waals surface area contributed by atoms with Crippen molar-refractivity contribution in [1.82, 2.24) is 0 Å². The van der Waals surface area contributed by atoms with Gasteiger partial charge in [0.1, 0.15) is 36.6 Å². The molecule has 0 aliphatic carbocycles. The quantitative estimate of drug-likeness (QED) is 0.420. The first-order valence-corrected chi connectivity index (χ1v) is 14.6. The molecule has 0 saturated carbocycles. The van der Waals surface area contributed by atoms with Gasteiger partial charge in [-0.2, -0.15) is 0 Å². The zero-order chi connectivity index (χ0) is 29.7. The van der Waals surface area contributed by atoms with E-state index < -0.39 is 61.1 Å². The lowest BCUT2D eigenvalue weighted by Crippen LogP contribution is -2.66. The smallest absolute Gasteiger partial charge is 0.187 e. The van der Waals surface area contributed by atoms with Gasteiger partial charge in [-0.15, -0.1) is 0 Å². The molecule has 1 N–H and O–H groups in total. The van der Waals surface area contributed by atoms with Crippen molar-refractivity contribution in [2.45, 2.75) is 95.1 Å². The van der Waals surface area contributed by atoms with Crippen molar-refractivity contribution in [1.29, 1.82) is 0 Å². The highest BCUT2D eigenvalue weighted by molar-refractivity contribution is 5.14. The van der Waals surface area contributed by atoms with Crippen LogP contribution in [0.25, 0.3) is 0 Å². The minimum absolute atomic E-state index is 0.218. The maximum atomic E-state index is 11.4. The Labute approximate surface area is 248 Å². The van der Waals surface area contributed by atoms with Gasteiger partial charge in [-0.1, -0.05) is 67.6 Å². The normalized spacial score (nSPS) is 36.3. The van der Waals surface area contributed by atoms with E-state index in [1.807, 2.05) is 81.4 Å². The molecule has 0 aromatic heterocycles. The highest BCUT2D eigenvalue weighted by atomic mass is 16.8. The van der Waals surface area contributed by atoms with Gasteiger partial charge < -0.3 is 47.7 Å². The molecule has 0 radical (unpaired) electrons. The number of aliphatic hydroxyl groups is 1. The van der Waals surface area contributed by atoms with E-state index >= 15 is 0 Å². The lowest BCUT2D eigenvalue weighted by Gasteiger charge is -2.51. The Morgan fingerprint density at radius 1 is 0.833 bits per heavy atom. The Kier molecular flexibility index (Phi) is 10.6. The predicted molar refractivity (Wildman–Crippen MR) is 151 cm³/mol. The summed E-state index contributed by atoms with van der Waals surface area (Å²) >= 11 is 0. The summed E-state index contributed by atoms with van der Waals surface area (Å²) in [4.78, 5) is 0. The van der Waals surface area contributed by atoms with Crippen molar-refractivity contribution >= 4 is 0 Å². The van der Waals surface area contributed by atoms with Crippen LogP contribution in [0.1, 0.15) is 31.9 Å². The fourth-order valence-electron chi connectivity index (χ4n) is 5.85. The first kappa shape index (κ1) is 31.5. The van der Waals surface area contributed by atoms with Crippen LogP contribution in [0.4, 0.5) is 0 Å². The van der Waals surface area contributed by atoms with E-state index in [0.717, 1.165) is 11.1 Å². The maximum Gasteiger partial charge on any atom is 0.187 e. The zero-order valence-corrected chi connectivity index (χ0v) is 25.0. The third kappa shape index (κ3) is 7.39. The third-order valence-corrected chi connectivity index (χ3v) is 8.08. The Morgan fingerprint density at radius 2 is 1.50 bits per heavy atom. The van der Waals surface area contributed by atoms with Crippen molar-refractivity contribution in [2.24, 2.45) is 5.92 Å². The summed E-state index contributed by atoms with van der Waals surface area (Å²) in [5, 5.41) is 11.4. The van der Waals surface area contributed by atoms with Gasteiger partial charge in [0.2, 0.25) is 0 Å². The van der Waals surface area contributed by atoms with Gasteiger partial charge >= 0.3 is 0 Å². The van der Waals surface area contributed by atoms with Gasteiger partial charge in [0.15, 0.2) is 18.4 Å². The summed E-state index contributed by atoms with van der Waals surface area (Å²) in [6.45, 7) is 6.98. The van der Waals surface area contributed by atoms with Crippen LogP contribution in [0.3, 0.4) is 0 Å². The van der Waals surface area contributed by atoms with E-state index in [9.17, 15) is 5.11 Å². The van der Waals surface area contributed by atoms with Crippen LogP contribution >= 0.6 is 0 Å². The Hall–Kier alpha value is -1.96. The number of fused-ring (bicyclic) bond motifs is 1. The van der Waals surface area contributed by atoms with Crippen molar-refractivity contribution in [2.75, 3.05) is 27.4 Å². The molecule has 0 bridgehead atoms. The molecule has 42 heavy (non-hydrogen) atoms. The van der Waals surface area contributed by atoms with Crippen LogP contribution in [-0.2, 0) is 55.8 Å². The monoisotopic (exact) mass is 588 g/mol. The van der Waals surface area contributed by atoms with Gasteiger partial charge in [-0.3, -0.25) is 0 Å². The van der Waals surface area contributed by atoms with Crippen LogP contribution < -0.4 is 0 Å². The summed E-state index contributed by atoms with van der Waals surface area (Å²) < 4.78 is 55.1. The van der Waals surface area contributed by atoms with Crippen molar-refractivity contribution in [3.63, 3.8) is 0 Å². The molecule has 10 atom stereocenters. The molecule has 3 saturated heterocycles. The van der Waals surface area contributed by atoms with Gasteiger partial charge in [-0.05, 0) is 25.0 Å². The number of ether oxygens (including phenoxy) is 9. The summed E-state index contributed by atoms with van der Waals surface area (Å²) in [6.07, 6.45) is -6.02. The number of benzene rings is 2. The van der Waals surface area contributed by atoms with Crippen molar-refractivity contribution in [3.8, 4) is 0 Å². The summed E-state index contributed by atoms with van der Waals surface area (Å²) in [7, 11) is 3.14. The second-order valence-corrected chi connectivity index (χ2v) is 11.5. The lowest BCUT2D eigenvalue weighted by atomic mass is 9.89. The third-order valence-electron chi connectivity index (χ3n) is 8.08. The van der Waals surface area contributed by atoms with Gasteiger partial charge in [0.25, 0.3) is 0 Å². The topological polar surface area (TPSA) is 103 Å². The Bertz CT molecular complexity index is 1080. The Balaban J connectivity index is 1.33. The highest BCUT2D eigenvalue weighted by Crippen LogP contribution is 2.37. The molecule has 10 nitrogen and oxygen atoms in total. The largest absolute Gasteiger partial charge is 0.385 e. The highest BCUT2D eigenvalue weighted by Gasteiger charge is 2.54. The minimum Gasteiger partial charge on any atom is -0.385 e. The molecule has 3 aliphatic rings. The van der Waals surface area contributed by atoms with Gasteiger partial charge in [0, 0.05) is 20.1 Å². The summed E-state index contributed by atoms with van der Waals surface area (Å²) in [5.41, 5.74) is 2.08. The maximum absolute atomic E-state index is 11.4. The lowest BCUT2D eigenvalue weighted by molar-refractivity contribution is -0.398. The predicted octanol–water partition coefficient (Wildman–Crippen LogP) is 3.43. The number of hydrogen-bond acceptors (Lipinski definition) is 10. The first-order valence-electron chi connectivity index (χ1n) is 14.6. The molecule has 3 aliphatic heterocycles. The van der Waals surface area contributed by atoms with E-state index in [2.05, 4.69) is 0 Å². The average molecular weight is 589 g/mol. The van der Waals surface area contributed by atoms with E-state index in [1.165, 1.54) is 0 Å². The SMILES string of the molecule is CO[C@H]1O[C@@H](COCc2ccccc2)[C@@H](O[C@@H]2OC3COC(C)(C)O[C@H]3[C@@H](OC)C2O)C(C)C1OCc1ccccc1. The molecule has 2 aromatic carbocycles. The van der Waals surface area contributed by atoms with Crippen LogP contribution in [0, 0.1) is 5.92 Å². The Morgan fingerprint density at radius 3 is 2.14 bits per heavy atom. The summed E-state index contributed by atoms with van der Waals surface area (Å²) in [6, 6.07) is 19.9. The van der Waals surface area contributed by atoms with E-state index in [1.54, 1.807) is 14.2 Å². The number of methoxy groups -OCH3 is 2. The molecular formula is C32H44O10. The van der Waals surface area contributed by atoms with Crippen LogP contribution in [-0.4, -0.2) is 93.6 Å². The molecular weight excluding hydrogens is 544 g/mol. The number of hydrogen-bond donors (Lipinski definition) is 1. The van der Waals surface area contributed by atoms with Gasteiger partial charge in [0.05, 0.1) is 32.5 Å². The second kappa shape index (κ2) is 14.2. The van der Waals surface area contributed by atoms with E-state index in [-0.39, 0.29) is 19.1 Å². The molecule has 4 unspecified atom stereocenters. The van der Waals surface area contributed by atoms with Crippen molar-refractivity contribution in [3.05, 3.63) is 71.8 Å². The summed E-state index contributed by atoms with van der Waals surface area (Å²) in [5.74, 6) is -1.04. The molecule has 232 valence electrons. The van der Waals surface area contributed by atoms with E-state index in [0.29, 0.717) is 13.2 Å². The van der Waals surface area contributed by atoms with Crippen LogP contribution in [0.5, 0.6) is 0 Å². The van der Waals surface area contributed by atoms with Crippen LogP contribution in [0.15, 0.2) is 60.7 Å². The molecule has 2 aromatic rings. The fourth-order valence-corrected chi connectivity index (χ4v) is 5.85. The average Bonchev–Trinajstić information content (AvgIpc) is 2.99. The molecule has 0 amide bonds.